The second kappa shape index (κ2) is 7.44. The number of halogens is 1. The molecule has 3 aromatic heterocycles. The fourth-order valence-corrected chi connectivity index (χ4v) is 3.03. The zero-order chi connectivity index (χ0) is 21.4. The van der Waals surface area contributed by atoms with Crippen molar-refractivity contribution in [2.45, 2.75) is 6.54 Å². The predicted octanol–water partition coefficient (Wildman–Crippen LogP) is 2.22. The van der Waals surface area contributed by atoms with E-state index in [0.29, 0.717) is 28.5 Å². The van der Waals surface area contributed by atoms with Gasteiger partial charge in [0.05, 0.1) is 12.8 Å². The lowest BCUT2D eigenvalue weighted by Crippen LogP contribution is -2.21. The summed E-state index contributed by atoms with van der Waals surface area (Å²) < 4.78 is 26.2. The minimum Gasteiger partial charge on any atom is -0.497 e. The van der Waals surface area contributed by atoms with Crippen molar-refractivity contribution in [2.24, 2.45) is 0 Å². The van der Waals surface area contributed by atoms with Crippen LogP contribution in [0.3, 0.4) is 0 Å². The molecule has 0 atom stereocenters. The van der Waals surface area contributed by atoms with Gasteiger partial charge in [-0.25, -0.2) is 9.37 Å². The van der Waals surface area contributed by atoms with Crippen LogP contribution < -0.4 is 10.3 Å². The average Bonchev–Trinajstić information content (AvgIpc) is 3.44. The van der Waals surface area contributed by atoms with Gasteiger partial charge in [0, 0.05) is 5.56 Å². The van der Waals surface area contributed by atoms with E-state index in [1.165, 1.54) is 27.7 Å². The van der Waals surface area contributed by atoms with Crippen LogP contribution >= 0.6 is 0 Å². The Morgan fingerprint density at radius 3 is 2.61 bits per heavy atom. The normalized spacial score (nSPS) is 11.2. The molecule has 0 aliphatic heterocycles. The van der Waals surface area contributed by atoms with Crippen LogP contribution in [0.25, 0.3) is 28.2 Å². The molecule has 0 radical (unpaired) electrons. The Balaban J connectivity index is 1.44. The summed E-state index contributed by atoms with van der Waals surface area (Å²) in [6.45, 7) is 0.00532. The van der Waals surface area contributed by atoms with Gasteiger partial charge in [-0.3, -0.25) is 9.36 Å². The Kier molecular flexibility index (Phi) is 4.47. The summed E-state index contributed by atoms with van der Waals surface area (Å²) in [5, 5.41) is 11.9. The monoisotopic (exact) mass is 419 g/mol. The number of fused-ring (bicyclic) bond motifs is 1. The number of rotatable bonds is 5. The van der Waals surface area contributed by atoms with Gasteiger partial charge in [0.2, 0.25) is 11.7 Å². The first kappa shape index (κ1) is 18.6. The van der Waals surface area contributed by atoms with Crippen molar-refractivity contribution in [3.8, 4) is 22.8 Å². The van der Waals surface area contributed by atoms with Gasteiger partial charge in [-0.1, -0.05) is 10.4 Å². The molecule has 0 unspecified atom stereocenters. The van der Waals surface area contributed by atoms with Crippen molar-refractivity contribution >= 4 is 11.2 Å². The molecule has 0 spiro atoms. The maximum Gasteiger partial charge on any atom is 0.284 e. The maximum atomic E-state index is 13.1. The van der Waals surface area contributed by atoms with E-state index < -0.39 is 5.56 Å². The number of aromatic nitrogens is 7. The summed E-state index contributed by atoms with van der Waals surface area (Å²) in [5.74, 6) is 0.830. The molecule has 0 saturated carbocycles. The molecule has 0 amide bonds. The predicted molar refractivity (Wildman–Crippen MR) is 106 cm³/mol. The van der Waals surface area contributed by atoms with E-state index in [0.717, 1.165) is 0 Å². The van der Waals surface area contributed by atoms with Crippen LogP contribution in [-0.4, -0.2) is 41.8 Å². The zero-order valence-electron chi connectivity index (χ0n) is 16.1. The van der Waals surface area contributed by atoms with Crippen LogP contribution in [0.2, 0.25) is 0 Å². The minimum absolute atomic E-state index is 0.00532. The molecule has 10 nitrogen and oxygen atoms in total. The second-order valence-corrected chi connectivity index (χ2v) is 6.57. The van der Waals surface area contributed by atoms with E-state index >= 15 is 0 Å². The third-order valence-electron chi connectivity index (χ3n) is 4.62. The summed E-state index contributed by atoms with van der Waals surface area (Å²) in [4.78, 5) is 21.4. The molecule has 154 valence electrons. The average molecular weight is 419 g/mol. The van der Waals surface area contributed by atoms with E-state index in [1.807, 2.05) is 0 Å². The lowest BCUT2D eigenvalue weighted by atomic mass is 10.2. The van der Waals surface area contributed by atoms with Gasteiger partial charge in [0.15, 0.2) is 11.2 Å². The molecule has 0 fully saturated rings. The van der Waals surface area contributed by atoms with E-state index in [2.05, 4.69) is 25.4 Å². The van der Waals surface area contributed by atoms with Gasteiger partial charge >= 0.3 is 0 Å². The van der Waals surface area contributed by atoms with Crippen molar-refractivity contribution in [3.63, 3.8) is 0 Å². The summed E-state index contributed by atoms with van der Waals surface area (Å²) in [6, 6.07) is 12.8. The number of hydrogen-bond donors (Lipinski definition) is 0. The zero-order valence-corrected chi connectivity index (χ0v) is 16.1. The molecule has 0 bridgehead atoms. The van der Waals surface area contributed by atoms with Crippen LogP contribution in [0.5, 0.6) is 5.75 Å². The maximum absolute atomic E-state index is 13.1. The van der Waals surface area contributed by atoms with E-state index in [9.17, 15) is 9.18 Å². The Labute approximate surface area is 173 Å². The molecule has 0 saturated heterocycles. The molecule has 0 aliphatic carbocycles. The Morgan fingerprint density at radius 2 is 1.87 bits per heavy atom. The summed E-state index contributed by atoms with van der Waals surface area (Å²) in [6.07, 6.45) is 1.37. The van der Waals surface area contributed by atoms with Gasteiger partial charge in [-0.15, -0.1) is 5.10 Å². The highest BCUT2D eigenvalue weighted by molar-refractivity contribution is 5.70. The van der Waals surface area contributed by atoms with E-state index in [4.69, 9.17) is 9.26 Å². The molecule has 3 heterocycles. The topological polar surface area (TPSA) is 114 Å². The summed E-state index contributed by atoms with van der Waals surface area (Å²) in [5.41, 5.74) is 1.32. The first-order valence-corrected chi connectivity index (χ1v) is 9.16. The third-order valence-corrected chi connectivity index (χ3v) is 4.62. The molecular weight excluding hydrogens is 405 g/mol. The SMILES string of the molecule is COc1ccc(-n2nnc3c(=O)n(Cc4nc(-c5ccc(F)cc5)no4)cnc32)cc1. The second-order valence-electron chi connectivity index (χ2n) is 6.57. The summed E-state index contributed by atoms with van der Waals surface area (Å²) in [7, 11) is 1.58. The van der Waals surface area contributed by atoms with Gasteiger partial charge in [-0.2, -0.15) is 9.67 Å². The number of methoxy groups -OCH3 is 1. The highest BCUT2D eigenvalue weighted by Gasteiger charge is 2.16. The molecule has 0 aliphatic rings. The Hall–Kier alpha value is -4.41. The molecular formula is C20H14FN7O3. The Morgan fingerprint density at radius 1 is 1.10 bits per heavy atom. The van der Waals surface area contributed by atoms with Crippen molar-refractivity contribution in [1.82, 2.24) is 34.7 Å². The van der Waals surface area contributed by atoms with Crippen molar-refractivity contribution in [1.29, 1.82) is 0 Å². The number of hydrogen-bond acceptors (Lipinski definition) is 8. The van der Waals surface area contributed by atoms with E-state index in [1.54, 1.807) is 43.5 Å². The van der Waals surface area contributed by atoms with E-state index in [-0.39, 0.29) is 23.8 Å². The van der Waals surface area contributed by atoms with Gasteiger partial charge in [-0.05, 0) is 48.5 Å². The molecule has 5 rings (SSSR count). The molecule has 0 N–H and O–H groups in total. The molecule has 11 heteroatoms. The van der Waals surface area contributed by atoms with Crippen molar-refractivity contribution in [3.05, 3.63) is 76.9 Å². The van der Waals surface area contributed by atoms with Crippen molar-refractivity contribution in [2.75, 3.05) is 7.11 Å². The van der Waals surface area contributed by atoms with Gasteiger partial charge in [0.25, 0.3) is 5.56 Å². The molecule has 31 heavy (non-hydrogen) atoms. The van der Waals surface area contributed by atoms with Gasteiger partial charge < -0.3 is 9.26 Å². The van der Waals surface area contributed by atoms with Crippen LogP contribution in [0.4, 0.5) is 4.39 Å². The standard InChI is InChI=1S/C20H14FN7O3/c1-30-15-8-6-14(7-9-15)28-19-17(24-26-28)20(29)27(11-22-19)10-16-23-18(25-31-16)12-2-4-13(21)5-3-12/h2-9,11H,10H2,1H3. The summed E-state index contributed by atoms with van der Waals surface area (Å²) >= 11 is 0. The van der Waals surface area contributed by atoms with Crippen LogP contribution in [-0.2, 0) is 6.54 Å². The smallest absolute Gasteiger partial charge is 0.284 e. The number of nitrogens with zero attached hydrogens (tertiary/aromatic N) is 7. The van der Waals surface area contributed by atoms with Crippen LogP contribution in [0, 0.1) is 5.82 Å². The van der Waals surface area contributed by atoms with Crippen LogP contribution in [0.15, 0.2) is 64.2 Å². The fraction of sp³-hybridized carbons (Fsp3) is 0.100. The lowest BCUT2D eigenvalue weighted by Gasteiger charge is -2.04. The third kappa shape index (κ3) is 3.41. The lowest BCUT2D eigenvalue weighted by molar-refractivity contribution is 0.369. The first-order chi connectivity index (χ1) is 15.1. The molecule has 2 aromatic carbocycles. The fourth-order valence-electron chi connectivity index (χ4n) is 3.03. The van der Waals surface area contributed by atoms with Gasteiger partial charge in [0.1, 0.15) is 24.4 Å². The highest BCUT2D eigenvalue weighted by atomic mass is 19.1. The minimum atomic E-state index is -0.397. The number of benzene rings is 2. The Bertz CT molecular complexity index is 1420. The number of ether oxygens (including phenoxy) is 1. The van der Waals surface area contributed by atoms with Crippen molar-refractivity contribution < 1.29 is 13.7 Å². The quantitative estimate of drug-likeness (QED) is 0.426. The molecule has 5 aromatic rings. The highest BCUT2D eigenvalue weighted by Crippen LogP contribution is 2.18. The first-order valence-electron chi connectivity index (χ1n) is 9.16. The largest absolute Gasteiger partial charge is 0.497 e. The van der Waals surface area contributed by atoms with Crippen LogP contribution in [0.1, 0.15) is 5.89 Å².